The summed E-state index contributed by atoms with van der Waals surface area (Å²) in [5.41, 5.74) is 3.16. The highest BCUT2D eigenvalue weighted by Crippen LogP contribution is 2.24. The highest BCUT2D eigenvalue weighted by atomic mass is 16.6. The summed E-state index contributed by atoms with van der Waals surface area (Å²) in [4.78, 5) is 10.3. The van der Waals surface area contributed by atoms with Gasteiger partial charge in [0.15, 0.2) is 0 Å². The van der Waals surface area contributed by atoms with Gasteiger partial charge in [0.05, 0.1) is 10.6 Å². The molecule has 1 aromatic heterocycles. The number of hydrogen-bond donors (Lipinski definition) is 0. The Hall–Kier alpha value is -2.88. The maximum absolute atomic E-state index is 10.7. The predicted molar refractivity (Wildman–Crippen MR) is 77.9 cm³/mol. The van der Waals surface area contributed by atoms with Gasteiger partial charge in [0.25, 0.3) is 5.69 Å². The van der Waals surface area contributed by atoms with Crippen LogP contribution in [0.4, 0.5) is 5.69 Å². The summed E-state index contributed by atoms with van der Waals surface area (Å²) in [7, 11) is 0. The number of benzene rings is 2. The lowest BCUT2D eigenvalue weighted by Crippen LogP contribution is -1.95. The number of nitrogens with zero attached hydrogens (tertiary/aromatic N) is 2. The van der Waals surface area contributed by atoms with Gasteiger partial charge in [-0.1, -0.05) is 30.3 Å². The Balaban J connectivity index is 2.04. The van der Waals surface area contributed by atoms with Crippen molar-refractivity contribution in [1.29, 1.82) is 0 Å². The molecule has 0 saturated carbocycles. The second-order valence-corrected chi connectivity index (χ2v) is 4.40. The van der Waals surface area contributed by atoms with Crippen LogP contribution in [-0.2, 0) is 0 Å². The van der Waals surface area contributed by atoms with E-state index in [4.69, 9.17) is 0 Å². The van der Waals surface area contributed by atoms with E-state index in [0.717, 1.165) is 16.9 Å². The van der Waals surface area contributed by atoms with E-state index in [-0.39, 0.29) is 5.69 Å². The van der Waals surface area contributed by atoms with E-state index in [9.17, 15) is 10.1 Å². The van der Waals surface area contributed by atoms with Crippen molar-refractivity contribution >= 4 is 5.69 Å². The van der Waals surface area contributed by atoms with Gasteiger partial charge in [-0.05, 0) is 29.8 Å². The van der Waals surface area contributed by atoms with Crippen LogP contribution in [0, 0.1) is 10.1 Å². The van der Waals surface area contributed by atoms with Gasteiger partial charge in [0, 0.05) is 24.0 Å². The van der Waals surface area contributed by atoms with E-state index in [1.807, 2.05) is 53.2 Å². The minimum atomic E-state index is -0.391. The van der Waals surface area contributed by atoms with Crippen LogP contribution in [0.1, 0.15) is 0 Å². The first kappa shape index (κ1) is 12.2. The molecule has 0 aliphatic rings. The van der Waals surface area contributed by atoms with E-state index in [0.29, 0.717) is 0 Å². The highest BCUT2D eigenvalue weighted by molar-refractivity contribution is 5.63. The lowest BCUT2D eigenvalue weighted by atomic mass is 10.1. The lowest BCUT2D eigenvalue weighted by Gasteiger charge is -2.09. The Labute approximate surface area is 116 Å². The molecule has 0 aliphatic carbocycles. The molecule has 0 aliphatic heterocycles. The maximum Gasteiger partial charge on any atom is 0.269 e. The van der Waals surface area contributed by atoms with Crippen molar-refractivity contribution in [3.05, 3.63) is 83.0 Å². The van der Waals surface area contributed by atoms with Crippen LogP contribution < -0.4 is 0 Å². The third-order valence-electron chi connectivity index (χ3n) is 3.16. The molecule has 0 amide bonds. The summed E-state index contributed by atoms with van der Waals surface area (Å²) in [5.74, 6) is 0. The van der Waals surface area contributed by atoms with Gasteiger partial charge >= 0.3 is 0 Å². The molecule has 0 bridgehead atoms. The summed E-state index contributed by atoms with van der Waals surface area (Å²) in [6.45, 7) is 0. The molecule has 1 heterocycles. The first-order chi connectivity index (χ1) is 9.75. The van der Waals surface area contributed by atoms with Crippen molar-refractivity contribution in [2.45, 2.75) is 0 Å². The monoisotopic (exact) mass is 264 g/mol. The summed E-state index contributed by atoms with van der Waals surface area (Å²) in [6.07, 6.45) is 1.95. The minimum Gasteiger partial charge on any atom is -0.317 e. The van der Waals surface area contributed by atoms with Crippen LogP contribution in [-0.4, -0.2) is 9.49 Å². The minimum absolute atomic E-state index is 0.0992. The molecule has 4 heteroatoms. The van der Waals surface area contributed by atoms with E-state index < -0.39 is 4.92 Å². The molecule has 3 aromatic rings. The van der Waals surface area contributed by atoms with Crippen molar-refractivity contribution in [3.8, 4) is 16.9 Å². The number of aromatic nitrogens is 1. The van der Waals surface area contributed by atoms with Crippen molar-refractivity contribution in [3.63, 3.8) is 0 Å². The molecular formula is C16H12N2O2. The van der Waals surface area contributed by atoms with Gasteiger partial charge < -0.3 is 4.57 Å². The van der Waals surface area contributed by atoms with Crippen molar-refractivity contribution in [1.82, 2.24) is 4.57 Å². The SMILES string of the molecule is O=[N+]([O-])c1ccc(-n2cccc2-c2ccccc2)cc1. The van der Waals surface area contributed by atoms with E-state index in [2.05, 4.69) is 0 Å². The van der Waals surface area contributed by atoms with Crippen LogP contribution >= 0.6 is 0 Å². The largest absolute Gasteiger partial charge is 0.317 e. The van der Waals surface area contributed by atoms with Crippen molar-refractivity contribution in [2.24, 2.45) is 0 Å². The Kier molecular flexibility index (Phi) is 3.05. The zero-order valence-electron chi connectivity index (χ0n) is 10.6. The normalized spacial score (nSPS) is 10.4. The molecule has 0 saturated heterocycles. The van der Waals surface area contributed by atoms with Crippen LogP contribution in [0.3, 0.4) is 0 Å². The molecule has 3 rings (SSSR count). The van der Waals surface area contributed by atoms with Crippen molar-refractivity contribution in [2.75, 3.05) is 0 Å². The van der Waals surface area contributed by atoms with Gasteiger partial charge in [-0.25, -0.2) is 0 Å². The number of hydrogen-bond acceptors (Lipinski definition) is 2. The Bertz CT molecular complexity index is 731. The van der Waals surface area contributed by atoms with Crippen LogP contribution in [0.25, 0.3) is 16.9 Å². The van der Waals surface area contributed by atoms with Crippen LogP contribution in [0.5, 0.6) is 0 Å². The average molecular weight is 264 g/mol. The summed E-state index contributed by atoms with van der Waals surface area (Å²) < 4.78 is 2.01. The summed E-state index contributed by atoms with van der Waals surface area (Å²) >= 11 is 0. The fourth-order valence-electron chi connectivity index (χ4n) is 2.19. The van der Waals surface area contributed by atoms with Gasteiger partial charge in [-0.15, -0.1) is 0 Å². The predicted octanol–water partition coefficient (Wildman–Crippen LogP) is 4.05. The third-order valence-corrected chi connectivity index (χ3v) is 3.16. The molecule has 0 atom stereocenters. The van der Waals surface area contributed by atoms with Crippen LogP contribution in [0.2, 0.25) is 0 Å². The fraction of sp³-hybridized carbons (Fsp3) is 0. The number of rotatable bonds is 3. The Morgan fingerprint density at radius 3 is 2.20 bits per heavy atom. The molecule has 0 radical (unpaired) electrons. The third kappa shape index (κ3) is 2.19. The first-order valence-electron chi connectivity index (χ1n) is 6.23. The molecule has 20 heavy (non-hydrogen) atoms. The van der Waals surface area contributed by atoms with Crippen LogP contribution in [0.15, 0.2) is 72.9 Å². The molecule has 0 spiro atoms. The smallest absolute Gasteiger partial charge is 0.269 e. The highest BCUT2D eigenvalue weighted by Gasteiger charge is 2.08. The van der Waals surface area contributed by atoms with Gasteiger partial charge in [-0.3, -0.25) is 10.1 Å². The summed E-state index contributed by atoms with van der Waals surface area (Å²) in [6, 6.07) is 20.6. The van der Waals surface area contributed by atoms with E-state index in [1.165, 1.54) is 12.1 Å². The van der Waals surface area contributed by atoms with E-state index in [1.54, 1.807) is 12.1 Å². The van der Waals surface area contributed by atoms with Gasteiger partial charge in [0.2, 0.25) is 0 Å². The Morgan fingerprint density at radius 1 is 0.850 bits per heavy atom. The fourth-order valence-corrected chi connectivity index (χ4v) is 2.19. The second kappa shape index (κ2) is 5.01. The number of nitro groups is 1. The zero-order valence-corrected chi connectivity index (χ0v) is 10.6. The molecule has 0 unspecified atom stereocenters. The maximum atomic E-state index is 10.7. The summed E-state index contributed by atoms with van der Waals surface area (Å²) in [5, 5.41) is 10.7. The Morgan fingerprint density at radius 2 is 1.55 bits per heavy atom. The quantitative estimate of drug-likeness (QED) is 0.529. The van der Waals surface area contributed by atoms with Gasteiger partial charge in [0.1, 0.15) is 0 Å². The van der Waals surface area contributed by atoms with E-state index >= 15 is 0 Å². The number of nitro benzene ring substituents is 1. The average Bonchev–Trinajstić information content (AvgIpc) is 2.97. The first-order valence-corrected chi connectivity index (χ1v) is 6.23. The molecule has 0 N–H and O–H groups in total. The topological polar surface area (TPSA) is 48.1 Å². The standard InChI is InChI=1S/C16H12N2O2/c19-18(20)15-10-8-14(9-11-15)17-12-4-7-16(17)13-5-2-1-3-6-13/h1-12H. The lowest BCUT2D eigenvalue weighted by molar-refractivity contribution is -0.384. The second-order valence-electron chi connectivity index (χ2n) is 4.40. The van der Waals surface area contributed by atoms with Crippen molar-refractivity contribution < 1.29 is 4.92 Å². The number of non-ortho nitro benzene ring substituents is 1. The van der Waals surface area contributed by atoms with Gasteiger partial charge in [-0.2, -0.15) is 0 Å². The molecule has 0 fully saturated rings. The molecule has 4 nitrogen and oxygen atoms in total. The molecule has 2 aromatic carbocycles. The zero-order chi connectivity index (χ0) is 13.9. The molecule has 98 valence electrons. The molecular weight excluding hydrogens is 252 g/mol.